The molecule has 0 bridgehead atoms. The van der Waals surface area contributed by atoms with E-state index in [4.69, 9.17) is 22.1 Å². The van der Waals surface area contributed by atoms with Gasteiger partial charge in [-0.1, -0.05) is 39.7 Å². The van der Waals surface area contributed by atoms with Gasteiger partial charge in [0.2, 0.25) is 11.8 Å². The van der Waals surface area contributed by atoms with Gasteiger partial charge in [-0.3, -0.25) is 9.59 Å². The summed E-state index contributed by atoms with van der Waals surface area (Å²) < 4.78 is 6.40. The van der Waals surface area contributed by atoms with E-state index in [9.17, 15) is 9.59 Å². The van der Waals surface area contributed by atoms with Crippen molar-refractivity contribution in [3.05, 3.63) is 62.6 Å². The number of fused-ring (bicyclic) bond motifs is 1. The number of amides is 2. The zero-order valence-electron chi connectivity index (χ0n) is 13.2. The number of benzene rings is 2. The monoisotopic (exact) mass is 422 g/mol. The first-order valence-electron chi connectivity index (χ1n) is 7.72. The molecule has 3 N–H and O–H groups in total. The predicted molar refractivity (Wildman–Crippen MR) is 98.6 cm³/mol. The summed E-state index contributed by atoms with van der Waals surface area (Å²) in [7, 11) is 0. The van der Waals surface area contributed by atoms with Crippen LogP contribution in [0.1, 0.15) is 22.7 Å². The quantitative estimate of drug-likeness (QED) is 0.776. The Balaban J connectivity index is 1.78. The van der Waals surface area contributed by atoms with Crippen LogP contribution in [-0.2, 0) is 22.4 Å². The molecule has 2 amide bonds. The summed E-state index contributed by atoms with van der Waals surface area (Å²) in [6.07, 6.45) is 0.827. The molecule has 0 radical (unpaired) electrons. The van der Waals surface area contributed by atoms with E-state index in [0.717, 1.165) is 16.5 Å². The van der Waals surface area contributed by atoms with Gasteiger partial charge in [0.05, 0.1) is 13.0 Å². The summed E-state index contributed by atoms with van der Waals surface area (Å²) in [4.78, 5) is 24.3. The first kappa shape index (κ1) is 17.8. The third-order valence-electron chi connectivity index (χ3n) is 3.95. The molecule has 0 fully saturated rings. The maximum atomic E-state index is 12.5. The number of carbonyl (C=O) groups is 2. The number of carbonyl (C=O) groups excluding carboxylic acids is 2. The molecule has 2 aromatic carbocycles. The standard InChI is InChI=1S/C18H16BrClN2O3/c19-13-3-1-2-10(6-13)16(18(21)24)22-15(23)9-12-8-14(20)7-11-4-5-25-17(11)12/h1-3,6-8,16H,4-5,9H2,(H2,21,24)(H,22,23). The minimum atomic E-state index is -0.904. The molecule has 1 atom stereocenters. The van der Waals surface area contributed by atoms with Gasteiger partial charge in [-0.2, -0.15) is 0 Å². The molecule has 1 aliphatic rings. The average Bonchev–Trinajstić information content (AvgIpc) is 3.00. The van der Waals surface area contributed by atoms with E-state index in [-0.39, 0.29) is 12.3 Å². The largest absolute Gasteiger partial charge is 0.493 e. The minimum Gasteiger partial charge on any atom is -0.493 e. The van der Waals surface area contributed by atoms with E-state index < -0.39 is 11.9 Å². The molecule has 0 aliphatic carbocycles. The van der Waals surface area contributed by atoms with Gasteiger partial charge in [-0.15, -0.1) is 0 Å². The highest BCUT2D eigenvalue weighted by atomic mass is 79.9. The lowest BCUT2D eigenvalue weighted by atomic mass is 10.0. The zero-order chi connectivity index (χ0) is 18.0. The van der Waals surface area contributed by atoms with E-state index in [2.05, 4.69) is 21.2 Å². The topological polar surface area (TPSA) is 81.4 Å². The number of rotatable bonds is 5. The van der Waals surface area contributed by atoms with E-state index in [1.807, 2.05) is 12.1 Å². The smallest absolute Gasteiger partial charge is 0.244 e. The predicted octanol–water partition coefficient (Wildman–Crippen LogP) is 2.92. The lowest BCUT2D eigenvalue weighted by Gasteiger charge is -2.17. The molecular weight excluding hydrogens is 408 g/mol. The van der Waals surface area contributed by atoms with E-state index in [0.29, 0.717) is 28.5 Å². The van der Waals surface area contributed by atoms with Crippen LogP contribution in [0.2, 0.25) is 5.02 Å². The molecule has 0 saturated carbocycles. The highest BCUT2D eigenvalue weighted by Gasteiger charge is 2.23. The Labute approximate surface area is 158 Å². The number of primary amides is 1. The molecule has 7 heteroatoms. The lowest BCUT2D eigenvalue weighted by molar-refractivity contribution is -0.127. The van der Waals surface area contributed by atoms with Crippen LogP contribution in [0.5, 0.6) is 5.75 Å². The van der Waals surface area contributed by atoms with Gasteiger partial charge >= 0.3 is 0 Å². The average molecular weight is 424 g/mol. The molecule has 0 aromatic heterocycles. The molecule has 5 nitrogen and oxygen atoms in total. The fourth-order valence-electron chi connectivity index (χ4n) is 2.87. The highest BCUT2D eigenvalue weighted by Crippen LogP contribution is 2.33. The van der Waals surface area contributed by atoms with Gasteiger partial charge < -0.3 is 15.8 Å². The van der Waals surface area contributed by atoms with Crippen LogP contribution < -0.4 is 15.8 Å². The first-order valence-corrected chi connectivity index (χ1v) is 8.89. The van der Waals surface area contributed by atoms with Crippen LogP contribution in [0.25, 0.3) is 0 Å². The van der Waals surface area contributed by atoms with Crippen molar-refractivity contribution in [2.75, 3.05) is 6.61 Å². The van der Waals surface area contributed by atoms with Crippen LogP contribution in [0.3, 0.4) is 0 Å². The summed E-state index contributed by atoms with van der Waals surface area (Å²) in [6.45, 7) is 0.576. The number of ether oxygens (including phenoxy) is 1. The second kappa shape index (κ2) is 7.45. The molecule has 1 heterocycles. The number of hydrogen-bond acceptors (Lipinski definition) is 3. The molecule has 0 saturated heterocycles. The minimum absolute atomic E-state index is 0.0562. The number of nitrogens with one attached hydrogen (secondary N) is 1. The molecule has 130 valence electrons. The van der Waals surface area contributed by atoms with Crippen LogP contribution in [0.4, 0.5) is 0 Å². The molecular formula is C18H16BrClN2O3. The van der Waals surface area contributed by atoms with E-state index in [1.54, 1.807) is 24.3 Å². The van der Waals surface area contributed by atoms with Crippen LogP contribution in [0.15, 0.2) is 40.9 Å². The van der Waals surface area contributed by atoms with Gasteiger partial charge in [-0.05, 0) is 35.4 Å². The molecule has 1 unspecified atom stereocenters. The number of hydrogen-bond donors (Lipinski definition) is 2. The molecule has 25 heavy (non-hydrogen) atoms. The maximum Gasteiger partial charge on any atom is 0.244 e. The van der Waals surface area contributed by atoms with Crippen molar-refractivity contribution < 1.29 is 14.3 Å². The third-order valence-corrected chi connectivity index (χ3v) is 4.66. The van der Waals surface area contributed by atoms with Crippen LogP contribution in [0, 0.1) is 0 Å². The Morgan fingerprint density at radius 3 is 2.84 bits per heavy atom. The Morgan fingerprint density at radius 1 is 1.32 bits per heavy atom. The summed E-state index contributed by atoms with van der Waals surface area (Å²) in [6, 6.07) is 9.74. The Bertz CT molecular complexity index is 841. The Morgan fingerprint density at radius 2 is 2.12 bits per heavy atom. The van der Waals surface area contributed by atoms with E-state index >= 15 is 0 Å². The summed E-state index contributed by atoms with van der Waals surface area (Å²) in [5.41, 5.74) is 7.77. The summed E-state index contributed by atoms with van der Waals surface area (Å²) in [5, 5.41) is 3.25. The normalized spacial score (nSPS) is 13.7. The molecule has 1 aliphatic heterocycles. The van der Waals surface area contributed by atoms with Crippen molar-refractivity contribution in [3.8, 4) is 5.75 Å². The van der Waals surface area contributed by atoms with Crippen molar-refractivity contribution >= 4 is 39.3 Å². The second-order valence-electron chi connectivity index (χ2n) is 5.79. The van der Waals surface area contributed by atoms with Gasteiger partial charge in [0, 0.05) is 21.5 Å². The van der Waals surface area contributed by atoms with Crippen molar-refractivity contribution in [1.29, 1.82) is 0 Å². The second-order valence-corrected chi connectivity index (χ2v) is 7.14. The SMILES string of the molecule is NC(=O)C(NC(=O)Cc1cc(Cl)cc2c1OCC2)c1cccc(Br)c1. The van der Waals surface area contributed by atoms with Crippen LogP contribution in [-0.4, -0.2) is 18.4 Å². The van der Waals surface area contributed by atoms with Crippen molar-refractivity contribution in [1.82, 2.24) is 5.32 Å². The van der Waals surface area contributed by atoms with Gasteiger partial charge in [0.25, 0.3) is 0 Å². The van der Waals surface area contributed by atoms with Crippen molar-refractivity contribution in [2.45, 2.75) is 18.9 Å². The van der Waals surface area contributed by atoms with Crippen LogP contribution >= 0.6 is 27.5 Å². The number of nitrogens with two attached hydrogens (primary N) is 1. The van der Waals surface area contributed by atoms with Crippen molar-refractivity contribution in [3.63, 3.8) is 0 Å². The lowest BCUT2D eigenvalue weighted by Crippen LogP contribution is -2.38. The number of halogens is 2. The first-order chi connectivity index (χ1) is 11.9. The van der Waals surface area contributed by atoms with Crippen molar-refractivity contribution in [2.24, 2.45) is 5.73 Å². The molecule has 0 spiro atoms. The van der Waals surface area contributed by atoms with Gasteiger partial charge in [-0.25, -0.2) is 0 Å². The molecule has 3 rings (SSSR count). The Hall–Kier alpha value is -2.05. The summed E-state index contributed by atoms with van der Waals surface area (Å²) >= 11 is 9.46. The molecule has 2 aromatic rings. The third kappa shape index (κ3) is 4.14. The van der Waals surface area contributed by atoms with E-state index in [1.165, 1.54) is 0 Å². The maximum absolute atomic E-state index is 12.5. The highest BCUT2D eigenvalue weighted by molar-refractivity contribution is 9.10. The van der Waals surface area contributed by atoms with Gasteiger partial charge in [0.15, 0.2) is 0 Å². The Kier molecular flexibility index (Phi) is 5.30. The van der Waals surface area contributed by atoms with Gasteiger partial charge in [0.1, 0.15) is 11.8 Å². The fourth-order valence-corrected chi connectivity index (χ4v) is 3.55. The fraction of sp³-hybridized carbons (Fsp3) is 0.222. The zero-order valence-corrected chi connectivity index (χ0v) is 15.6. The summed E-state index contributed by atoms with van der Waals surface area (Å²) in [5.74, 6) is -0.250.